The van der Waals surface area contributed by atoms with Crippen molar-refractivity contribution in [1.82, 2.24) is 19.9 Å². The topological polar surface area (TPSA) is 113 Å². The number of hydrogen-bond donors (Lipinski definition) is 3. The van der Waals surface area contributed by atoms with Gasteiger partial charge < -0.3 is 26.3 Å². The maximum Gasteiger partial charge on any atom is 0.149 e. The minimum atomic E-state index is -0.0802. The Morgan fingerprint density at radius 2 is 2.08 bits per heavy atom. The number of likely N-dealkylation sites (N-methyl/N-ethyl adjacent to an activating group) is 1. The van der Waals surface area contributed by atoms with Gasteiger partial charge in [0.15, 0.2) is 0 Å². The molecule has 0 spiro atoms. The van der Waals surface area contributed by atoms with Gasteiger partial charge in [-0.1, -0.05) is 0 Å². The molecule has 4 rings (SSSR count). The fourth-order valence-corrected chi connectivity index (χ4v) is 3.45. The fraction of sp³-hybridized carbons (Fsp3) is 0.353. The van der Waals surface area contributed by atoms with E-state index in [1.54, 1.807) is 12.4 Å². The fourth-order valence-electron chi connectivity index (χ4n) is 3.45. The molecule has 5 N–H and O–H groups in total. The smallest absolute Gasteiger partial charge is 0.149 e. The minimum absolute atomic E-state index is 0.0802. The summed E-state index contributed by atoms with van der Waals surface area (Å²) in [7, 11) is 2.05. The van der Waals surface area contributed by atoms with Gasteiger partial charge in [-0.15, -0.1) is 0 Å². The predicted molar refractivity (Wildman–Crippen MR) is 101 cm³/mol. The van der Waals surface area contributed by atoms with Gasteiger partial charge in [-0.2, -0.15) is 0 Å². The van der Waals surface area contributed by atoms with Crippen LogP contribution in [0.1, 0.15) is 13.3 Å². The van der Waals surface area contributed by atoms with E-state index in [0.29, 0.717) is 11.5 Å². The molecule has 0 radical (unpaired) electrons. The molecule has 1 saturated heterocycles. The highest BCUT2D eigenvalue weighted by Gasteiger charge is 2.39. The molecular formula is C17H22N8. The Labute approximate surface area is 145 Å². The van der Waals surface area contributed by atoms with E-state index in [9.17, 15) is 0 Å². The van der Waals surface area contributed by atoms with Crippen LogP contribution < -0.4 is 21.3 Å². The van der Waals surface area contributed by atoms with Crippen LogP contribution in [-0.4, -0.2) is 45.6 Å². The summed E-state index contributed by atoms with van der Waals surface area (Å²) >= 11 is 0. The van der Waals surface area contributed by atoms with Gasteiger partial charge in [0.1, 0.15) is 29.4 Å². The molecule has 8 nitrogen and oxygen atoms in total. The SMILES string of the molecule is CN(c1ccc(N)c(N)n1)C1(C)CCN(c2ncnc3[nH]ccc23)C1. The molecule has 0 aliphatic carbocycles. The highest BCUT2D eigenvalue weighted by molar-refractivity contribution is 5.87. The van der Waals surface area contributed by atoms with Crippen molar-refractivity contribution in [2.45, 2.75) is 18.9 Å². The van der Waals surface area contributed by atoms with Crippen LogP contribution in [0.3, 0.4) is 0 Å². The van der Waals surface area contributed by atoms with Crippen molar-refractivity contribution in [2.24, 2.45) is 0 Å². The lowest BCUT2D eigenvalue weighted by molar-refractivity contribution is 0.487. The molecular weight excluding hydrogens is 316 g/mol. The van der Waals surface area contributed by atoms with Crippen LogP contribution in [0.25, 0.3) is 11.0 Å². The molecule has 3 aromatic heterocycles. The van der Waals surface area contributed by atoms with Crippen molar-refractivity contribution in [1.29, 1.82) is 0 Å². The molecule has 1 atom stereocenters. The van der Waals surface area contributed by atoms with Crippen LogP contribution in [0, 0.1) is 0 Å². The predicted octanol–water partition coefficient (Wildman–Crippen LogP) is 1.62. The zero-order chi connectivity index (χ0) is 17.6. The van der Waals surface area contributed by atoms with Gasteiger partial charge in [-0.3, -0.25) is 0 Å². The first kappa shape index (κ1) is 15.5. The number of nitrogens with one attached hydrogen (secondary N) is 1. The van der Waals surface area contributed by atoms with E-state index in [1.807, 2.05) is 25.4 Å². The molecule has 0 saturated carbocycles. The minimum Gasteiger partial charge on any atom is -0.396 e. The highest BCUT2D eigenvalue weighted by Crippen LogP contribution is 2.34. The number of anilines is 4. The van der Waals surface area contributed by atoms with E-state index < -0.39 is 0 Å². The number of rotatable bonds is 3. The summed E-state index contributed by atoms with van der Waals surface area (Å²) < 4.78 is 0. The largest absolute Gasteiger partial charge is 0.396 e. The summed E-state index contributed by atoms with van der Waals surface area (Å²) in [5.41, 5.74) is 12.9. The van der Waals surface area contributed by atoms with Crippen LogP contribution in [0.15, 0.2) is 30.7 Å². The molecule has 4 heterocycles. The second kappa shape index (κ2) is 5.51. The molecule has 0 aromatic carbocycles. The number of H-pyrrole nitrogens is 1. The number of pyridine rings is 1. The van der Waals surface area contributed by atoms with Crippen LogP contribution in [0.5, 0.6) is 0 Å². The van der Waals surface area contributed by atoms with Gasteiger partial charge >= 0.3 is 0 Å². The maximum absolute atomic E-state index is 5.88. The van der Waals surface area contributed by atoms with Crippen molar-refractivity contribution in [2.75, 3.05) is 41.4 Å². The normalized spacial score (nSPS) is 20.3. The average Bonchev–Trinajstić information content (AvgIpc) is 3.24. The molecule has 1 aliphatic heterocycles. The third-order valence-electron chi connectivity index (χ3n) is 5.18. The van der Waals surface area contributed by atoms with E-state index in [4.69, 9.17) is 11.5 Å². The Balaban J connectivity index is 1.62. The van der Waals surface area contributed by atoms with Gasteiger partial charge in [0.25, 0.3) is 0 Å². The summed E-state index contributed by atoms with van der Waals surface area (Å²) in [5, 5.41) is 1.05. The van der Waals surface area contributed by atoms with E-state index in [-0.39, 0.29) is 5.54 Å². The summed E-state index contributed by atoms with van der Waals surface area (Å²) in [6.07, 6.45) is 4.49. The first-order valence-corrected chi connectivity index (χ1v) is 8.27. The highest BCUT2D eigenvalue weighted by atomic mass is 15.3. The van der Waals surface area contributed by atoms with Gasteiger partial charge in [-0.25, -0.2) is 15.0 Å². The number of aromatic amines is 1. The van der Waals surface area contributed by atoms with Crippen molar-refractivity contribution in [3.8, 4) is 0 Å². The molecule has 1 aliphatic rings. The first-order chi connectivity index (χ1) is 12.0. The standard InChI is InChI=1S/C17H22N8/c1-17(24(2)13-4-3-12(18)14(19)23-13)6-8-25(9-17)16-11-5-7-20-15(11)21-10-22-16/h3-5,7,10H,6,8-9,18H2,1-2H3,(H2,19,23)(H,20,21,22). The number of nitrogen functional groups attached to an aromatic ring is 2. The molecule has 0 amide bonds. The zero-order valence-corrected chi connectivity index (χ0v) is 14.4. The summed E-state index contributed by atoms with van der Waals surface area (Å²) in [6, 6.07) is 5.74. The second-order valence-corrected chi connectivity index (χ2v) is 6.81. The quantitative estimate of drug-likeness (QED) is 0.665. The van der Waals surface area contributed by atoms with Crippen molar-refractivity contribution >= 4 is 34.2 Å². The number of nitrogens with two attached hydrogens (primary N) is 2. The van der Waals surface area contributed by atoms with E-state index in [1.165, 1.54) is 0 Å². The number of nitrogens with zero attached hydrogens (tertiary/aromatic N) is 5. The number of hydrogen-bond acceptors (Lipinski definition) is 7. The molecule has 25 heavy (non-hydrogen) atoms. The maximum atomic E-state index is 5.88. The lowest BCUT2D eigenvalue weighted by atomic mass is 9.99. The summed E-state index contributed by atoms with van der Waals surface area (Å²) in [4.78, 5) is 20.8. The van der Waals surface area contributed by atoms with E-state index >= 15 is 0 Å². The molecule has 1 fully saturated rings. The Morgan fingerprint density at radius 1 is 1.24 bits per heavy atom. The zero-order valence-electron chi connectivity index (χ0n) is 14.4. The van der Waals surface area contributed by atoms with Crippen molar-refractivity contribution in [3.63, 3.8) is 0 Å². The molecule has 1 unspecified atom stereocenters. The summed E-state index contributed by atoms with van der Waals surface area (Å²) in [5.74, 6) is 2.16. The lowest BCUT2D eigenvalue weighted by Gasteiger charge is -2.36. The number of aromatic nitrogens is 4. The third kappa shape index (κ3) is 2.50. The van der Waals surface area contributed by atoms with Gasteiger partial charge in [0.05, 0.1) is 16.6 Å². The Hall–Kier alpha value is -3.03. The van der Waals surface area contributed by atoms with Gasteiger partial charge in [-0.05, 0) is 31.5 Å². The Bertz CT molecular complexity index is 920. The number of fused-ring (bicyclic) bond motifs is 1. The van der Waals surface area contributed by atoms with Crippen molar-refractivity contribution in [3.05, 3.63) is 30.7 Å². The molecule has 130 valence electrons. The average molecular weight is 338 g/mol. The Kier molecular flexibility index (Phi) is 3.41. The van der Waals surface area contributed by atoms with E-state index in [2.05, 4.69) is 36.7 Å². The molecule has 3 aromatic rings. The Morgan fingerprint density at radius 3 is 2.88 bits per heavy atom. The third-order valence-corrected chi connectivity index (χ3v) is 5.18. The van der Waals surface area contributed by atoms with Gasteiger partial charge in [0.2, 0.25) is 0 Å². The second-order valence-electron chi connectivity index (χ2n) is 6.81. The lowest BCUT2D eigenvalue weighted by Crippen LogP contribution is -2.46. The van der Waals surface area contributed by atoms with Crippen LogP contribution in [0.2, 0.25) is 0 Å². The van der Waals surface area contributed by atoms with Crippen LogP contribution in [-0.2, 0) is 0 Å². The van der Waals surface area contributed by atoms with Crippen LogP contribution >= 0.6 is 0 Å². The van der Waals surface area contributed by atoms with Gasteiger partial charge in [0, 0.05) is 26.3 Å². The van der Waals surface area contributed by atoms with Crippen LogP contribution in [0.4, 0.5) is 23.1 Å². The first-order valence-electron chi connectivity index (χ1n) is 8.27. The summed E-state index contributed by atoms with van der Waals surface area (Å²) in [6.45, 7) is 3.99. The molecule has 0 bridgehead atoms. The monoisotopic (exact) mass is 338 g/mol. The molecule has 8 heteroatoms. The van der Waals surface area contributed by atoms with Crippen molar-refractivity contribution < 1.29 is 0 Å². The van der Waals surface area contributed by atoms with E-state index in [0.717, 1.165) is 42.2 Å².